The highest BCUT2D eigenvalue weighted by atomic mass is 16.4. The number of nitrogens with two attached hydrogens (primary N) is 1. The standard InChI is InChI=1S/C26H40N2O2/c1-20(14-15-23-22(3)12-9-17-26(23,4)5)10-8-11-21(2)16-19-28-24(25(29)30)13-6-7-18-27/h8,10-11,14-16,19,24H,6-7,9,12-13,17-18,27H2,1-5H3,(H,29,30)/b11-8-,15-14+,20-10+,21-16+,28-19?/t24-/m0/s1. The van der Waals surface area contributed by atoms with Crippen molar-refractivity contribution in [3.8, 4) is 0 Å². The highest BCUT2D eigenvalue weighted by molar-refractivity contribution is 5.79. The van der Waals surface area contributed by atoms with Crippen LogP contribution >= 0.6 is 0 Å². The Morgan fingerprint density at radius 2 is 1.90 bits per heavy atom. The molecule has 0 saturated carbocycles. The van der Waals surface area contributed by atoms with Gasteiger partial charge in [0.1, 0.15) is 6.04 Å². The van der Waals surface area contributed by atoms with Crippen LogP contribution in [0.15, 0.2) is 63.7 Å². The third-order valence-electron chi connectivity index (χ3n) is 5.59. The van der Waals surface area contributed by atoms with Gasteiger partial charge in [-0.1, -0.05) is 55.4 Å². The van der Waals surface area contributed by atoms with Gasteiger partial charge in [0.15, 0.2) is 0 Å². The normalized spacial score (nSPS) is 19.4. The number of hydrogen-bond acceptors (Lipinski definition) is 3. The summed E-state index contributed by atoms with van der Waals surface area (Å²) in [5.74, 6) is -0.887. The number of unbranched alkanes of at least 4 members (excludes halogenated alkanes) is 1. The monoisotopic (exact) mass is 412 g/mol. The fraction of sp³-hybridized carbons (Fsp3) is 0.538. The highest BCUT2D eigenvalue weighted by Gasteiger charge is 2.26. The smallest absolute Gasteiger partial charge is 0.328 e. The van der Waals surface area contributed by atoms with Crippen LogP contribution in [0.4, 0.5) is 0 Å². The molecule has 0 aromatic carbocycles. The number of carbonyl (C=O) groups is 1. The lowest BCUT2D eigenvalue weighted by Crippen LogP contribution is -2.19. The molecule has 0 bridgehead atoms. The van der Waals surface area contributed by atoms with Crippen LogP contribution < -0.4 is 5.73 Å². The maximum atomic E-state index is 11.3. The number of carboxylic acids is 1. The number of carboxylic acid groups (broad SMARTS) is 1. The van der Waals surface area contributed by atoms with Gasteiger partial charge in [0.05, 0.1) is 0 Å². The molecule has 3 N–H and O–H groups in total. The van der Waals surface area contributed by atoms with Crippen LogP contribution in [0.3, 0.4) is 0 Å². The minimum absolute atomic E-state index is 0.256. The van der Waals surface area contributed by atoms with Gasteiger partial charge in [0, 0.05) is 6.21 Å². The molecule has 0 heterocycles. The number of rotatable bonds is 11. The van der Waals surface area contributed by atoms with Crippen LogP contribution in [0, 0.1) is 5.41 Å². The van der Waals surface area contributed by atoms with E-state index in [9.17, 15) is 9.90 Å². The molecule has 1 aliphatic rings. The van der Waals surface area contributed by atoms with Crippen molar-refractivity contribution >= 4 is 12.2 Å². The van der Waals surface area contributed by atoms with E-state index in [-0.39, 0.29) is 5.41 Å². The van der Waals surface area contributed by atoms with Crippen molar-refractivity contribution in [3.05, 3.63) is 58.7 Å². The van der Waals surface area contributed by atoms with Crippen LogP contribution in [0.25, 0.3) is 0 Å². The van der Waals surface area contributed by atoms with E-state index in [1.165, 1.54) is 36.0 Å². The van der Waals surface area contributed by atoms with Gasteiger partial charge in [-0.2, -0.15) is 0 Å². The summed E-state index contributed by atoms with van der Waals surface area (Å²) >= 11 is 0. The number of aliphatic carboxylic acids is 1. The lowest BCUT2D eigenvalue weighted by atomic mass is 9.72. The Morgan fingerprint density at radius 1 is 1.20 bits per heavy atom. The predicted octanol–water partition coefficient (Wildman–Crippen LogP) is 6.17. The first kappa shape index (κ1) is 25.8. The molecule has 166 valence electrons. The van der Waals surface area contributed by atoms with Gasteiger partial charge in [-0.3, -0.25) is 4.99 Å². The molecule has 0 saturated heterocycles. The molecule has 0 fully saturated rings. The largest absolute Gasteiger partial charge is 0.480 e. The van der Waals surface area contributed by atoms with E-state index < -0.39 is 12.0 Å². The van der Waals surface area contributed by atoms with E-state index in [1.807, 2.05) is 25.2 Å². The van der Waals surface area contributed by atoms with Crippen molar-refractivity contribution in [1.29, 1.82) is 0 Å². The summed E-state index contributed by atoms with van der Waals surface area (Å²) in [4.78, 5) is 15.4. The summed E-state index contributed by atoms with van der Waals surface area (Å²) in [6.45, 7) is 11.6. The van der Waals surface area contributed by atoms with E-state index >= 15 is 0 Å². The first-order valence-corrected chi connectivity index (χ1v) is 11.0. The Morgan fingerprint density at radius 3 is 2.53 bits per heavy atom. The molecular formula is C26H40N2O2. The summed E-state index contributed by atoms with van der Waals surface area (Å²) in [7, 11) is 0. The quantitative estimate of drug-likeness (QED) is 0.242. The van der Waals surface area contributed by atoms with Gasteiger partial charge >= 0.3 is 5.97 Å². The third-order valence-corrected chi connectivity index (χ3v) is 5.59. The zero-order valence-corrected chi connectivity index (χ0v) is 19.4. The van der Waals surface area contributed by atoms with E-state index in [4.69, 9.17) is 5.73 Å². The lowest BCUT2D eigenvalue weighted by molar-refractivity contribution is -0.138. The van der Waals surface area contributed by atoms with Crippen LogP contribution in [-0.4, -0.2) is 29.9 Å². The topological polar surface area (TPSA) is 75.7 Å². The Labute approximate surface area is 183 Å². The van der Waals surface area contributed by atoms with E-state index in [0.29, 0.717) is 13.0 Å². The van der Waals surface area contributed by atoms with E-state index in [1.54, 1.807) is 6.21 Å². The second-order valence-electron chi connectivity index (χ2n) is 8.88. The average molecular weight is 413 g/mol. The molecular weight excluding hydrogens is 372 g/mol. The summed E-state index contributed by atoms with van der Waals surface area (Å²) < 4.78 is 0. The van der Waals surface area contributed by atoms with Crippen molar-refractivity contribution in [3.63, 3.8) is 0 Å². The van der Waals surface area contributed by atoms with E-state index in [0.717, 1.165) is 18.4 Å². The van der Waals surface area contributed by atoms with Gasteiger partial charge in [-0.15, -0.1) is 0 Å². The zero-order chi connectivity index (χ0) is 22.6. The minimum Gasteiger partial charge on any atom is -0.480 e. The number of hydrogen-bond donors (Lipinski definition) is 2. The first-order valence-electron chi connectivity index (χ1n) is 11.0. The summed E-state index contributed by atoms with van der Waals surface area (Å²) in [6, 6.07) is -0.696. The second-order valence-corrected chi connectivity index (χ2v) is 8.88. The Kier molecular flexibility index (Phi) is 11.3. The number of allylic oxidation sites excluding steroid dienone is 10. The molecule has 30 heavy (non-hydrogen) atoms. The van der Waals surface area contributed by atoms with Gasteiger partial charge in [0.25, 0.3) is 0 Å². The van der Waals surface area contributed by atoms with Crippen LogP contribution in [0.1, 0.15) is 73.1 Å². The van der Waals surface area contributed by atoms with Crippen molar-refractivity contribution < 1.29 is 9.90 Å². The van der Waals surface area contributed by atoms with Crippen LogP contribution in [0.2, 0.25) is 0 Å². The van der Waals surface area contributed by atoms with Gasteiger partial charge < -0.3 is 10.8 Å². The maximum Gasteiger partial charge on any atom is 0.328 e. The minimum atomic E-state index is -0.887. The van der Waals surface area contributed by atoms with Crippen LogP contribution in [0.5, 0.6) is 0 Å². The summed E-state index contributed by atoms with van der Waals surface area (Å²) in [6.07, 6.45) is 19.9. The molecule has 0 unspecified atom stereocenters. The zero-order valence-electron chi connectivity index (χ0n) is 19.4. The number of nitrogens with zero attached hydrogens (tertiary/aromatic N) is 1. The van der Waals surface area contributed by atoms with E-state index in [2.05, 4.69) is 50.9 Å². The molecule has 0 radical (unpaired) electrons. The molecule has 0 aromatic rings. The molecule has 0 amide bonds. The summed E-state index contributed by atoms with van der Waals surface area (Å²) in [5, 5.41) is 9.24. The molecule has 4 heteroatoms. The predicted molar refractivity (Wildman–Crippen MR) is 129 cm³/mol. The van der Waals surface area contributed by atoms with Crippen molar-refractivity contribution in [1.82, 2.24) is 0 Å². The Bertz CT molecular complexity index is 749. The number of aliphatic imine (C=N–C) groups is 1. The maximum absolute atomic E-state index is 11.3. The van der Waals surface area contributed by atoms with Crippen molar-refractivity contribution in [2.24, 2.45) is 16.1 Å². The second kappa shape index (κ2) is 13.2. The highest BCUT2D eigenvalue weighted by Crippen LogP contribution is 2.40. The molecule has 1 atom stereocenters. The molecule has 0 spiro atoms. The molecule has 0 aliphatic heterocycles. The van der Waals surface area contributed by atoms with Gasteiger partial charge in [0.2, 0.25) is 0 Å². The third kappa shape index (κ3) is 9.53. The first-order chi connectivity index (χ1) is 14.2. The molecule has 1 aliphatic carbocycles. The van der Waals surface area contributed by atoms with Crippen LogP contribution in [-0.2, 0) is 4.79 Å². The SMILES string of the molecule is CC1=C(/C=C/C(C)=C/C=C\C(C)=C\C=N[C@@H](CCCCN)C(=O)O)C(C)(C)CCC1. The Hall–Kier alpha value is -2.20. The molecule has 4 nitrogen and oxygen atoms in total. The van der Waals surface area contributed by atoms with Crippen molar-refractivity contribution in [2.45, 2.75) is 79.2 Å². The average Bonchev–Trinajstić information content (AvgIpc) is 2.65. The van der Waals surface area contributed by atoms with Crippen molar-refractivity contribution in [2.75, 3.05) is 6.54 Å². The molecule has 0 aromatic heterocycles. The van der Waals surface area contributed by atoms with Gasteiger partial charge in [-0.05, 0) is 88.5 Å². The summed E-state index contributed by atoms with van der Waals surface area (Å²) in [5.41, 5.74) is 10.9. The Balaban J connectivity index is 2.67. The molecule has 1 rings (SSSR count). The van der Waals surface area contributed by atoms with Gasteiger partial charge in [-0.25, -0.2) is 4.79 Å². The lowest BCUT2D eigenvalue weighted by Gasteiger charge is -2.32. The fourth-order valence-corrected chi connectivity index (χ4v) is 3.70. The fourth-order valence-electron chi connectivity index (χ4n) is 3.70.